The average Bonchev–Trinajstić information content (AvgIpc) is 2.34. The minimum absolute atomic E-state index is 0.224. The number of rotatable bonds is 0. The number of fused-ring (bicyclic) bond motifs is 1. The monoisotopic (exact) mass is 277 g/mol. The second-order valence-corrected chi connectivity index (χ2v) is 6.19. The van der Waals surface area contributed by atoms with Gasteiger partial charge in [-0.2, -0.15) is 0 Å². The highest BCUT2D eigenvalue weighted by molar-refractivity contribution is 14.1. The quantitative estimate of drug-likeness (QED) is 0.511. The van der Waals surface area contributed by atoms with Crippen LogP contribution >= 0.6 is 33.9 Å². The lowest BCUT2D eigenvalue weighted by Crippen LogP contribution is -2.20. The zero-order chi connectivity index (χ0) is 7.90. The van der Waals surface area contributed by atoms with E-state index in [0.29, 0.717) is 0 Å². The Morgan fingerprint density at radius 1 is 1.73 bits per heavy atom. The van der Waals surface area contributed by atoms with E-state index in [1.165, 1.54) is 10.4 Å². The molecule has 0 N–H and O–H groups in total. The van der Waals surface area contributed by atoms with E-state index in [0.717, 1.165) is 6.54 Å². The highest BCUT2D eigenvalue weighted by Crippen LogP contribution is 2.37. The molecule has 1 unspecified atom stereocenters. The molecular weight excluding hydrogens is 269 g/mol. The van der Waals surface area contributed by atoms with Crippen molar-refractivity contribution in [3.8, 4) is 0 Å². The van der Waals surface area contributed by atoms with E-state index in [-0.39, 0.29) is 3.42 Å². The number of halogens is 1. The fraction of sp³-hybridized carbons (Fsp3) is 0.375. The van der Waals surface area contributed by atoms with Crippen molar-refractivity contribution in [1.82, 2.24) is 0 Å². The maximum absolute atomic E-state index is 4.32. The molecule has 0 bridgehead atoms. The van der Waals surface area contributed by atoms with Crippen molar-refractivity contribution in [1.29, 1.82) is 0 Å². The van der Waals surface area contributed by atoms with Gasteiger partial charge in [0.05, 0.1) is 9.97 Å². The zero-order valence-corrected chi connectivity index (χ0v) is 9.15. The first-order chi connectivity index (χ1) is 5.20. The van der Waals surface area contributed by atoms with Gasteiger partial charge in [-0.05, 0) is 23.9 Å². The van der Waals surface area contributed by atoms with Gasteiger partial charge >= 0.3 is 0 Å². The van der Waals surface area contributed by atoms with Gasteiger partial charge in [-0.1, -0.05) is 22.6 Å². The van der Waals surface area contributed by atoms with E-state index in [1.54, 1.807) is 11.3 Å². The largest absolute Gasteiger partial charge is 0.290 e. The van der Waals surface area contributed by atoms with Gasteiger partial charge in [0.25, 0.3) is 0 Å². The van der Waals surface area contributed by atoms with Crippen LogP contribution in [-0.2, 0) is 3.42 Å². The van der Waals surface area contributed by atoms with E-state index in [2.05, 4.69) is 46.0 Å². The maximum atomic E-state index is 4.32. The SMILES string of the molecule is CC1(I)CN=Cc2sccc21. The third kappa shape index (κ3) is 1.24. The van der Waals surface area contributed by atoms with Crippen LogP contribution in [0.1, 0.15) is 17.4 Å². The summed E-state index contributed by atoms with van der Waals surface area (Å²) in [5.41, 5.74) is 1.44. The number of aliphatic imine (C=N–C) groups is 1. The summed E-state index contributed by atoms with van der Waals surface area (Å²) in [6, 6.07) is 2.21. The van der Waals surface area contributed by atoms with Gasteiger partial charge in [0.15, 0.2) is 0 Å². The van der Waals surface area contributed by atoms with Crippen molar-refractivity contribution >= 4 is 40.1 Å². The molecule has 1 aromatic rings. The summed E-state index contributed by atoms with van der Waals surface area (Å²) in [6.07, 6.45) is 1.99. The molecule has 2 rings (SSSR count). The first-order valence-electron chi connectivity index (χ1n) is 3.47. The minimum atomic E-state index is 0.224. The first kappa shape index (κ1) is 7.73. The number of alkyl halides is 1. The molecule has 0 radical (unpaired) electrons. The molecule has 1 atom stereocenters. The fourth-order valence-corrected chi connectivity index (χ4v) is 2.99. The topological polar surface area (TPSA) is 12.4 Å². The average molecular weight is 277 g/mol. The standard InChI is InChI=1S/C8H8INS/c1-8(9)5-10-4-7-6(8)2-3-11-7/h2-4H,5H2,1H3. The molecular formula is C8H8INS. The van der Waals surface area contributed by atoms with Crippen LogP contribution < -0.4 is 0 Å². The molecule has 0 aromatic carbocycles. The summed E-state index contributed by atoms with van der Waals surface area (Å²) in [5, 5.41) is 2.14. The third-order valence-electron chi connectivity index (χ3n) is 1.85. The van der Waals surface area contributed by atoms with Gasteiger partial charge in [0.2, 0.25) is 0 Å². The summed E-state index contributed by atoms with van der Waals surface area (Å²) in [5.74, 6) is 0. The van der Waals surface area contributed by atoms with Crippen LogP contribution in [0.2, 0.25) is 0 Å². The number of hydrogen-bond acceptors (Lipinski definition) is 2. The Morgan fingerprint density at radius 3 is 3.27 bits per heavy atom. The van der Waals surface area contributed by atoms with Crippen molar-refractivity contribution in [2.24, 2.45) is 4.99 Å². The van der Waals surface area contributed by atoms with Crippen molar-refractivity contribution in [3.63, 3.8) is 0 Å². The molecule has 0 amide bonds. The molecule has 1 aromatic heterocycles. The minimum Gasteiger partial charge on any atom is -0.290 e. The molecule has 0 saturated heterocycles. The van der Waals surface area contributed by atoms with Crippen molar-refractivity contribution < 1.29 is 0 Å². The van der Waals surface area contributed by atoms with Crippen LogP contribution in [0.4, 0.5) is 0 Å². The predicted octanol–water partition coefficient (Wildman–Crippen LogP) is 2.83. The van der Waals surface area contributed by atoms with Crippen LogP contribution in [0.5, 0.6) is 0 Å². The summed E-state index contributed by atoms with van der Waals surface area (Å²) >= 11 is 4.25. The molecule has 0 aliphatic carbocycles. The second-order valence-electron chi connectivity index (χ2n) is 2.87. The molecule has 0 saturated carbocycles. The number of thiophene rings is 1. The predicted molar refractivity (Wildman–Crippen MR) is 58.2 cm³/mol. The highest BCUT2D eigenvalue weighted by Gasteiger charge is 2.27. The Hall–Kier alpha value is 0.100. The Morgan fingerprint density at radius 2 is 2.55 bits per heavy atom. The van der Waals surface area contributed by atoms with Gasteiger partial charge < -0.3 is 0 Å². The van der Waals surface area contributed by atoms with E-state index in [4.69, 9.17) is 0 Å². The zero-order valence-electron chi connectivity index (χ0n) is 6.17. The van der Waals surface area contributed by atoms with Crippen LogP contribution in [0.25, 0.3) is 0 Å². The smallest absolute Gasteiger partial charge is 0.0651 e. The van der Waals surface area contributed by atoms with Crippen molar-refractivity contribution in [2.45, 2.75) is 10.3 Å². The van der Waals surface area contributed by atoms with E-state index in [9.17, 15) is 0 Å². The molecule has 2 heterocycles. The Kier molecular flexibility index (Phi) is 1.79. The molecule has 11 heavy (non-hydrogen) atoms. The summed E-state index contributed by atoms with van der Waals surface area (Å²) in [6.45, 7) is 3.15. The van der Waals surface area contributed by atoms with Crippen LogP contribution in [-0.4, -0.2) is 12.8 Å². The van der Waals surface area contributed by atoms with Crippen molar-refractivity contribution in [2.75, 3.05) is 6.54 Å². The second kappa shape index (κ2) is 2.55. The Bertz CT molecular complexity index is 301. The van der Waals surface area contributed by atoms with Gasteiger partial charge in [0.1, 0.15) is 0 Å². The van der Waals surface area contributed by atoms with Gasteiger partial charge in [-0.15, -0.1) is 11.3 Å². The normalized spacial score (nSPS) is 28.5. The van der Waals surface area contributed by atoms with E-state index >= 15 is 0 Å². The van der Waals surface area contributed by atoms with Crippen molar-refractivity contribution in [3.05, 3.63) is 21.9 Å². The number of hydrogen-bond donors (Lipinski definition) is 0. The lowest BCUT2D eigenvalue weighted by molar-refractivity contribution is 0.737. The van der Waals surface area contributed by atoms with Crippen LogP contribution in [0.3, 0.4) is 0 Å². The molecule has 0 fully saturated rings. The van der Waals surface area contributed by atoms with Crippen LogP contribution in [0, 0.1) is 0 Å². The molecule has 0 spiro atoms. The summed E-state index contributed by atoms with van der Waals surface area (Å²) in [7, 11) is 0. The lowest BCUT2D eigenvalue weighted by atomic mass is 10.0. The maximum Gasteiger partial charge on any atom is 0.0651 e. The molecule has 58 valence electrons. The summed E-state index contributed by atoms with van der Waals surface area (Å²) < 4.78 is 0.224. The van der Waals surface area contributed by atoms with E-state index in [1.807, 2.05) is 6.21 Å². The summed E-state index contributed by atoms with van der Waals surface area (Å²) in [4.78, 5) is 5.65. The van der Waals surface area contributed by atoms with Gasteiger partial charge in [0, 0.05) is 11.1 Å². The molecule has 1 aliphatic rings. The van der Waals surface area contributed by atoms with E-state index < -0.39 is 0 Å². The third-order valence-corrected chi connectivity index (χ3v) is 3.63. The molecule has 3 heteroatoms. The Labute approximate surface area is 83.7 Å². The highest BCUT2D eigenvalue weighted by atomic mass is 127. The van der Waals surface area contributed by atoms with Gasteiger partial charge in [-0.3, -0.25) is 4.99 Å². The van der Waals surface area contributed by atoms with Crippen LogP contribution in [0.15, 0.2) is 16.4 Å². The Balaban J connectivity index is 2.58. The first-order valence-corrected chi connectivity index (χ1v) is 5.43. The number of nitrogens with zero attached hydrogens (tertiary/aromatic N) is 1. The molecule has 1 nitrogen and oxygen atoms in total. The van der Waals surface area contributed by atoms with Gasteiger partial charge in [-0.25, -0.2) is 0 Å². The fourth-order valence-electron chi connectivity index (χ4n) is 1.24. The lowest BCUT2D eigenvalue weighted by Gasteiger charge is -2.23. The molecule has 1 aliphatic heterocycles.